The third-order valence-corrected chi connectivity index (χ3v) is 6.53. The molecule has 3 amide bonds. The summed E-state index contributed by atoms with van der Waals surface area (Å²) in [5.41, 5.74) is 2.36. The summed E-state index contributed by atoms with van der Waals surface area (Å²) >= 11 is 0. The summed E-state index contributed by atoms with van der Waals surface area (Å²) in [4.78, 5) is 40.1. The number of benzene rings is 2. The first-order valence-corrected chi connectivity index (χ1v) is 13.1. The highest BCUT2D eigenvalue weighted by atomic mass is 32.2. The Bertz CT molecular complexity index is 1190. The maximum atomic E-state index is 13.4. The van der Waals surface area contributed by atoms with E-state index >= 15 is 0 Å². The average Bonchev–Trinajstić information content (AvgIpc) is 3.21. The van der Waals surface area contributed by atoms with Gasteiger partial charge in [0.1, 0.15) is 17.5 Å². The Balaban J connectivity index is 1.71. The van der Waals surface area contributed by atoms with Crippen LogP contribution in [0.1, 0.15) is 38.8 Å². The lowest BCUT2D eigenvalue weighted by Crippen LogP contribution is -2.54. The van der Waals surface area contributed by atoms with Crippen molar-refractivity contribution < 1.29 is 28.1 Å². The van der Waals surface area contributed by atoms with Crippen molar-refractivity contribution in [1.82, 2.24) is 5.32 Å². The van der Waals surface area contributed by atoms with E-state index in [9.17, 15) is 18.6 Å². The van der Waals surface area contributed by atoms with Gasteiger partial charge in [0.2, 0.25) is 24.5 Å². The topological polar surface area (TPSA) is 114 Å². The Labute approximate surface area is 214 Å². The van der Waals surface area contributed by atoms with E-state index in [1.165, 1.54) is 4.90 Å². The summed E-state index contributed by atoms with van der Waals surface area (Å²) in [5.74, 6) is -1.03. The summed E-state index contributed by atoms with van der Waals surface area (Å²) < 4.78 is 23.3. The van der Waals surface area contributed by atoms with Crippen LogP contribution in [0.4, 0.5) is 11.4 Å². The van der Waals surface area contributed by atoms with Gasteiger partial charge in [-0.3, -0.25) is 23.5 Å². The molecule has 10 heteroatoms. The summed E-state index contributed by atoms with van der Waals surface area (Å²) in [6.45, 7) is 11.1. The predicted octanol–water partition coefficient (Wildman–Crippen LogP) is 3.06. The van der Waals surface area contributed by atoms with Crippen molar-refractivity contribution in [2.75, 3.05) is 28.5 Å². The molecular weight excluding hydrogens is 482 g/mol. The molecule has 3 rings (SSSR count). The van der Waals surface area contributed by atoms with Crippen LogP contribution in [0.25, 0.3) is 0 Å². The zero-order chi connectivity index (χ0) is 26.6. The van der Waals surface area contributed by atoms with Gasteiger partial charge in [-0.25, -0.2) is 0 Å². The maximum Gasteiger partial charge on any atom is 0.243 e. The highest BCUT2D eigenvalue weighted by molar-refractivity contribution is 7.86. The quantitative estimate of drug-likeness (QED) is 0.559. The molecule has 0 bridgehead atoms. The monoisotopic (exact) mass is 515 g/mol. The number of carbonyl (C=O) groups is 3. The second-order valence-electron chi connectivity index (χ2n) is 9.81. The number of nitrogens with one attached hydrogen (secondary N) is 2. The lowest BCUT2D eigenvalue weighted by Gasteiger charge is -2.32. The molecule has 0 saturated carbocycles. The molecule has 1 aliphatic heterocycles. The molecule has 1 heterocycles. The Morgan fingerprint density at radius 3 is 2.39 bits per heavy atom. The van der Waals surface area contributed by atoms with Gasteiger partial charge in [0.25, 0.3) is 0 Å². The Morgan fingerprint density at radius 2 is 1.72 bits per heavy atom. The smallest absolute Gasteiger partial charge is 0.243 e. The van der Waals surface area contributed by atoms with Gasteiger partial charge in [-0.1, -0.05) is 17.7 Å². The number of nitrogens with zero attached hydrogens (tertiary/aromatic N) is 1. The zero-order valence-corrected chi connectivity index (χ0v) is 22.3. The first-order chi connectivity index (χ1) is 16.8. The van der Waals surface area contributed by atoms with E-state index in [0.717, 1.165) is 11.1 Å². The molecule has 194 valence electrons. The van der Waals surface area contributed by atoms with E-state index in [1.54, 1.807) is 31.2 Å². The molecule has 36 heavy (non-hydrogen) atoms. The van der Waals surface area contributed by atoms with Crippen LogP contribution in [-0.4, -0.2) is 51.8 Å². The first-order valence-electron chi connectivity index (χ1n) is 11.6. The third-order valence-electron chi connectivity index (χ3n) is 5.38. The van der Waals surface area contributed by atoms with Crippen LogP contribution in [-0.2, 0) is 25.2 Å². The Kier molecular flexibility index (Phi) is 8.39. The largest absolute Gasteiger partial charge is 0.454 e. The number of hydrogen-bond acceptors (Lipinski definition) is 6. The number of rotatable bonds is 8. The second kappa shape index (κ2) is 11.1. The molecule has 0 aliphatic carbocycles. The SMILES string of the molecule is Cc1ccc(N(C(=O)C[S@](=O)CC(=O)Nc2ccc3c(c2)OCO3)[C@@H](C)C(=O)NC(C)(C)C)c(C)c1. The fourth-order valence-corrected chi connectivity index (χ4v) is 4.68. The van der Waals surface area contributed by atoms with Crippen molar-refractivity contribution >= 4 is 39.9 Å². The molecule has 2 aromatic carbocycles. The molecule has 0 saturated heterocycles. The van der Waals surface area contributed by atoms with Gasteiger partial charge >= 0.3 is 0 Å². The van der Waals surface area contributed by atoms with E-state index in [-0.39, 0.29) is 18.5 Å². The minimum absolute atomic E-state index is 0.113. The second-order valence-corrected chi connectivity index (χ2v) is 11.3. The molecule has 2 N–H and O–H groups in total. The Hall–Kier alpha value is -3.40. The molecule has 0 aromatic heterocycles. The molecule has 1 aliphatic rings. The van der Waals surface area contributed by atoms with Crippen molar-refractivity contribution in [3.8, 4) is 11.5 Å². The number of fused-ring (bicyclic) bond motifs is 1. The summed E-state index contributed by atoms with van der Waals surface area (Å²) in [7, 11) is -1.80. The van der Waals surface area contributed by atoms with Gasteiger partial charge in [-0.05, 0) is 65.3 Å². The van der Waals surface area contributed by atoms with Gasteiger partial charge in [0.15, 0.2) is 11.5 Å². The molecule has 0 unspecified atom stereocenters. The average molecular weight is 516 g/mol. The number of hydrogen-bond donors (Lipinski definition) is 2. The van der Waals surface area contributed by atoms with Crippen molar-refractivity contribution in [1.29, 1.82) is 0 Å². The number of ether oxygens (including phenoxy) is 2. The highest BCUT2D eigenvalue weighted by Gasteiger charge is 2.31. The number of carbonyl (C=O) groups excluding carboxylic acids is 3. The molecule has 0 radical (unpaired) electrons. The Morgan fingerprint density at radius 1 is 1.03 bits per heavy atom. The summed E-state index contributed by atoms with van der Waals surface area (Å²) in [6.07, 6.45) is 0. The fraction of sp³-hybridized carbons (Fsp3) is 0.423. The van der Waals surface area contributed by atoms with E-state index < -0.39 is 39.9 Å². The molecule has 9 nitrogen and oxygen atoms in total. The zero-order valence-electron chi connectivity index (χ0n) is 21.5. The van der Waals surface area contributed by atoms with E-state index in [2.05, 4.69) is 10.6 Å². The summed E-state index contributed by atoms with van der Waals surface area (Å²) in [6, 6.07) is 9.63. The van der Waals surface area contributed by atoms with Crippen LogP contribution in [0.2, 0.25) is 0 Å². The normalized spacial score (nSPS) is 14.1. The molecule has 2 aromatic rings. The molecule has 0 spiro atoms. The van der Waals surface area contributed by atoms with Gasteiger partial charge < -0.3 is 20.1 Å². The predicted molar refractivity (Wildman–Crippen MR) is 140 cm³/mol. The lowest BCUT2D eigenvalue weighted by molar-refractivity contribution is -0.126. The molecular formula is C26H33N3O6S. The van der Waals surface area contributed by atoms with Crippen LogP contribution in [0.15, 0.2) is 36.4 Å². The van der Waals surface area contributed by atoms with Crippen molar-refractivity contribution in [2.24, 2.45) is 0 Å². The lowest BCUT2D eigenvalue weighted by atomic mass is 10.1. The van der Waals surface area contributed by atoms with Gasteiger partial charge in [-0.15, -0.1) is 0 Å². The minimum Gasteiger partial charge on any atom is -0.454 e. The summed E-state index contributed by atoms with van der Waals surface area (Å²) in [5, 5.41) is 5.56. The highest BCUT2D eigenvalue weighted by Crippen LogP contribution is 2.34. The van der Waals surface area contributed by atoms with E-state index in [4.69, 9.17) is 9.47 Å². The standard InChI is InChI=1S/C26H33N3O6S/c1-16-7-9-20(17(2)11-16)29(18(3)25(32)28-26(4,5)6)24(31)14-36(33)13-23(30)27-19-8-10-21-22(12-19)35-15-34-21/h7-12,18H,13-15H2,1-6H3,(H,27,30)(H,28,32)/t18-,36+/m0/s1. The van der Waals surface area contributed by atoms with E-state index in [0.29, 0.717) is 22.9 Å². The van der Waals surface area contributed by atoms with Crippen LogP contribution in [0.3, 0.4) is 0 Å². The minimum atomic E-state index is -1.80. The maximum absolute atomic E-state index is 13.4. The third kappa shape index (κ3) is 7.07. The van der Waals surface area contributed by atoms with Gasteiger partial charge in [-0.2, -0.15) is 0 Å². The van der Waals surface area contributed by atoms with Crippen LogP contribution in [0.5, 0.6) is 11.5 Å². The number of anilines is 2. The van der Waals surface area contributed by atoms with Crippen LogP contribution >= 0.6 is 0 Å². The van der Waals surface area contributed by atoms with Crippen molar-refractivity contribution in [3.05, 3.63) is 47.5 Å². The van der Waals surface area contributed by atoms with Crippen molar-refractivity contribution in [2.45, 2.75) is 53.1 Å². The van der Waals surface area contributed by atoms with E-state index in [1.807, 2.05) is 46.8 Å². The van der Waals surface area contributed by atoms with Crippen molar-refractivity contribution in [3.63, 3.8) is 0 Å². The van der Waals surface area contributed by atoms with Crippen LogP contribution < -0.4 is 25.0 Å². The molecule has 2 atom stereocenters. The molecule has 0 fully saturated rings. The van der Waals surface area contributed by atoms with Gasteiger partial charge in [0, 0.05) is 33.8 Å². The number of amides is 3. The number of aryl methyl sites for hydroxylation is 2. The fourth-order valence-electron chi connectivity index (χ4n) is 3.80. The first kappa shape index (κ1) is 27.2. The van der Waals surface area contributed by atoms with Gasteiger partial charge in [0.05, 0.1) is 0 Å². The van der Waals surface area contributed by atoms with Crippen LogP contribution in [0, 0.1) is 13.8 Å².